The molecule has 3 aliphatic rings. The molecule has 3 saturated heterocycles. The molecular formula is C92H87N3O12S3. The Morgan fingerprint density at radius 1 is 0.282 bits per heavy atom. The van der Waals surface area contributed by atoms with Crippen molar-refractivity contribution in [2.24, 2.45) is 0 Å². The minimum absolute atomic E-state index is 0.123. The highest BCUT2D eigenvalue weighted by molar-refractivity contribution is 7.89. The van der Waals surface area contributed by atoms with Crippen LogP contribution in [0.2, 0.25) is 0 Å². The number of benzene rings is 12. The molecule has 18 heteroatoms. The zero-order valence-corrected chi connectivity index (χ0v) is 63.4. The molecule has 3 fully saturated rings. The summed E-state index contributed by atoms with van der Waals surface area (Å²) in [6.45, 7) is 3.41. The summed E-state index contributed by atoms with van der Waals surface area (Å²) >= 11 is 0. The van der Waals surface area contributed by atoms with Crippen molar-refractivity contribution in [3.63, 3.8) is 0 Å². The third-order valence-electron chi connectivity index (χ3n) is 22.4. The first-order valence-corrected chi connectivity index (χ1v) is 41.6. The van der Waals surface area contributed by atoms with Gasteiger partial charge in [0.15, 0.2) is 0 Å². The first-order chi connectivity index (χ1) is 53.3. The summed E-state index contributed by atoms with van der Waals surface area (Å²) in [6.07, 6.45) is 3.21. The van der Waals surface area contributed by atoms with Crippen molar-refractivity contribution in [1.82, 2.24) is 12.9 Å². The lowest BCUT2D eigenvalue weighted by Crippen LogP contribution is -2.50. The van der Waals surface area contributed by atoms with Gasteiger partial charge in [0.1, 0.15) is 53.9 Å². The van der Waals surface area contributed by atoms with Crippen LogP contribution in [0.1, 0.15) is 112 Å². The summed E-state index contributed by atoms with van der Waals surface area (Å²) in [5, 5.41) is 38.1. The molecule has 0 aliphatic carbocycles. The number of rotatable bonds is 27. The van der Waals surface area contributed by atoms with Crippen LogP contribution in [-0.4, -0.2) is 91.2 Å². The Bertz CT molecular complexity index is 4790. The maximum atomic E-state index is 14.6. The van der Waals surface area contributed by atoms with E-state index in [1.54, 1.807) is 72.8 Å². The van der Waals surface area contributed by atoms with Gasteiger partial charge in [-0.15, -0.1) is 0 Å². The van der Waals surface area contributed by atoms with Crippen LogP contribution in [0.15, 0.2) is 342 Å². The fourth-order valence-corrected chi connectivity index (χ4v) is 21.6. The van der Waals surface area contributed by atoms with Gasteiger partial charge in [-0.05, 0) is 185 Å². The minimum atomic E-state index is -4.05. The van der Waals surface area contributed by atoms with Crippen molar-refractivity contribution >= 4 is 30.1 Å². The Morgan fingerprint density at radius 2 is 0.482 bits per heavy atom. The van der Waals surface area contributed by atoms with Gasteiger partial charge in [0, 0.05) is 25.0 Å². The second-order valence-corrected chi connectivity index (χ2v) is 34.5. The lowest BCUT2D eigenvalue weighted by molar-refractivity contribution is 0.0203. The van der Waals surface area contributed by atoms with E-state index in [2.05, 4.69) is 6.92 Å². The highest BCUT2D eigenvalue weighted by atomic mass is 32.2. The third kappa shape index (κ3) is 14.5. The molecule has 12 aromatic carbocycles. The average molecular weight is 1520 g/mol. The van der Waals surface area contributed by atoms with E-state index in [0.29, 0.717) is 89.2 Å². The van der Waals surface area contributed by atoms with Crippen LogP contribution in [0.3, 0.4) is 0 Å². The van der Waals surface area contributed by atoms with Crippen LogP contribution >= 0.6 is 0 Å². The highest BCUT2D eigenvalue weighted by Crippen LogP contribution is 2.47. The van der Waals surface area contributed by atoms with E-state index < -0.39 is 70.4 Å². The van der Waals surface area contributed by atoms with E-state index in [-0.39, 0.29) is 54.1 Å². The monoisotopic (exact) mass is 1520 g/mol. The Hall–Kier alpha value is -10.4. The molecule has 3 atom stereocenters. The molecule has 560 valence electrons. The second kappa shape index (κ2) is 31.6. The van der Waals surface area contributed by atoms with Crippen LogP contribution in [0.25, 0.3) is 0 Å². The van der Waals surface area contributed by atoms with Crippen molar-refractivity contribution < 1.29 is 54.8 Å². The van der Waals surface area contributed by atoms with Gasteiger partial charge in [-0.1, -0.05) is 255 Å². The molecule has 0 spiro atoms. The lowest BCUT2D eigenvalue weighted by Gasteiger charge is -2.39. The van der Waals surface area contributed by atoms with Crippen LogP contribution in [0.4, 0.5) is 0 Å². The summed E-state index contributed by atoms with van der Waals surface area (Å²) in [4.78, 5) is 0.370. The van der Waals surface area contributed by atoms with Gasteiger partial charge in [0.25, 0.3) is 0 Å². The normalized spacial score (nSPS) is 17.1. The van der Waals surface area contributed by atoms with Gasteiger partial charge in [0.05, 0.1) is 32.8 Å². The zero-order valence-electron chi connectivity index (χ0n) is 61.0. The number of hydrogen-bond donors (Lipinski definition) is 3. The summed E-state index contributed by atoms with van der Waals surface area (Å²) < 4.78 is 111. The fourth-order valence-electron chi connectivity index (χ4n) is 16.5. The SMILES string of the molecule is CC(c1ccc(OCc2ccc(S(=O)(=O)N3CCC[C@H]3C(O)(c3ccccc3)c3ccccc3)cc2)cc1)(c1ccc(OCc2ccc(S(=O)(=O)N3CCC[C@H]3C(O)(c3ccccc3)c3ccccc3)cc2)cc1)c1ccc(OCc2ccc(S(=O)(=O)N3CCC[C@H]3C(O)(c3ccccc3)c3ccccc3)cc2)cc1. The quantitative estimate of drug-likeness (QED) is 0.0412. The van der Waals surface area contributed by atoms with Crippen LogP contribution in [0.5, 0.6) is 17.2 Å². The summed E-state index contributed by atoms with van der Waals surface area (Å²) in [5.41, 5.74) is 3.27. The zero-order chi connectivity index (χ0) is 76.1. The van der Waals surface area contributed by atoms with E-state index in [1.165, 1.54) is 12.9 Å². The van der Waals surface area contributed by atoms with Crippen molar-refractivity contribution in [1.29, 1.82) is 0 Å². The largest absolute Gasteiger partial charge is 0.489 e. The van der Waals surface area contributed by atoms with Gasteiger partial charge in [-0.25, -0.2) is 25.3 Å². The Morgan fingerprint density at radius 3 is 0.682 bits per heavy atom. The predicted octanol–water partition coefficient (Wildman–Crippen LogP) is 16.0. The number of aliphatic hydroxyl groups is 3. The van der Waals surface area contributed by atoms with Crippen molar-refractivity contribution in [2.45, 2.75) is 120 Å². The number of ether oxygens (including phenoxy) is 3. The molecule has 0 amide bonds. The van der Waals surface area contributed by atoms with Crippen molar-refractivity contribution in [3.05, 3.63) is 394 Å². The number of hydrogen-bond acceptors (Lipinski definition) is 12. The molecule has 15 rings (SSSR count). The molecule has 3 N–H and O–H groups in total. The molecule has 0 saturated carbocycles. The van der Waals surface area contributed by atoms with Gasteiger partial charge in [-0.3, -0.25) is 0 Å². The van der Waals surface area contributed by atoms with Gasteiger partial charge < -0.3 is 29.5 Å². The van der Waals surface area contributed by atoms with Gasteiger partial charge >= 0.3 is 0 Å². The van der Waals surface area contributed by atoms with Gasteiger partial charge in [-0.2, -0.15) is 12.9 Å². The van der Waals surface area contributed by atoms with E-state index >= 15 is 0 Å². The molecule has 0 radical (unpaired) electrons. The number of nitrogens with zero attached hydrogens (tertiary/aromatic N) is 3. The molecule has 15 nitrogen and oxygen atoms in total. The first-order valence-electron chi connectivity index (χ1n) is 37.3. The van der Waals surface area contributed by atoms with Crippen LogP contribution < -0.4 is 14.2 Å². The summed E-state index contributed by atoms with van der Waals surface area (Å²) in [5.74, 6) is 1.78. The highest BCUT2D eigenvalue weighted by Gasteiger charge is 2.53. The minimum Gasteiger partial charge on any atom is -0.489 e. The molecule has 0 unspecified atom stereocenters. The lowest BCUT2D eigenvalue weighted by atomic mass is 9.71. The Kier molecular flexibility index (Phi) is 21.5. The summed E-state index contributed by atoms with van der Waals surface area (Å²) in [7, 11) is -12.1. The van der Waals surface area contributed by atoms with E-state index in [0.717, 1.165) is 33.4 Å². The maximum absolute atomic E-state index is 14.6. The van der Waals surface area contributed by atoms with E-state index in [9.17, 15) is 40.6 Å². The third-order valence-corrected chi connectivity index (χ3v) is 28.2. The van der Waals surface area contributed by atoms with Crippen LogP contribution in [0, 0.1) is 0 Å². The first kappa shape index (κ1) is 75.1. The molecule has 0 bridgehead atoms. The molecular weight excluding hydrogens is 1440 g/mol. The molecule has 12 aromatic rings. The number of sulfonamides is 3. The maximum Gasteiger partial charge on any atom is 0.243 e. The van der Waals surface area contributed by atoms with Gasteiger partial charge in [0.2, 0.25) is 30.1 Å². The Balaban J connectivity index is 0.646. The smallest absolute Gasteiger partial charge is 0.243 e. The van der Waals surface area contributed by atoms with E-state index in [4.69, 9.17) is 14.2 Å². The van der Waals surface area contributed by atoms with Crippen molar-refractivity contribution in [2.75, 3.05) is 19.6 Å². The molecule has 3 aliphatic heterocycles. The standard InChI is InChI=1S/C92H87N3O12S3/c1-89(71-44-50-80(51-45-71)105-65-68-38-56-83(57-39-68)108(99,100)93-62-20-35-86(93)90(96,74-23-8-2-9-24-74)75-25-10-3-11-26-75,72-46-52-81(53-47-72)106-66-69-40-58-84(59-41-69)109(101,102)94-63-21-36-87(94)91(97,76-27-12-4-13-28-76)77-29-14-5-15-30-77)73-48-54-82(55-49-73)107-67-70-42-60-85(61-43-70)110(103,104)95-64-22-37-88(95)92(98,78-31-16-6-17-32-78)79-33-18-7-19-34-79/h2-19,23-34,38-61,86-88,96-98H,20-22,35-37,62-67H2,1H3/t86-,87-,88-/m0/s1. The second-order valence-electron chi connectivity index (χ2n) is 28.8. The fraction of sp³-hybridized carbons (Fsp3) is 0.217. The molecule has 110 heavy (non-hydrogen) atoms. The predicted molar refractivity (Wildman–Crippen MR) is 426 cm³/mol. The summed E-state index contributed by atoms with van der Waals surface area (Å²) in [6, 6.07) is 97.2. The van der Waals surface area contributed by atoms with E-state index in [1.807, 2.05) is 255 Å². The van der Waals surface area contributed by atoms with Crippen LogP contribution in [-0.2, 0) is 72.1 Å². The Labute approximate surface area is 645 Å². The average Bonchev–Trinajstić information content (AvgIpc) is 1.50. The molecule has 3 heterocycles. The topological polar surface area (TPSA) is 201 Å². The molecule has 0 aromatic heterocycles. The van der Waals surface area contributed by atoms with Crippen molar-refractivity contribution in [3.8, 4) is 17.2 Å².